The fraction of sp³-hybridized carbons (Fsp3) is 0.158. The fourth-order valence-corrected chi connectivity index (χ4v) is 4.91. The van der Waals surface area contributed by atoms with E-state index in [4.69, 9.17) is 0 Å². The molecule has 0 aliphatic carbocycles. The molecule has 3 rings (SSSR count). The van der Waals surface area contributed by atoms with Crippen LogP contribution in [0, 0.1) is 6.92 Å². The van der Waals surface area contributed by atoms with Crippen molar-refractivity contribution in [3.8, 4) is 0 Å². The number of carbonyl (C=O) groups is 1. The Morgan fingerprint density at radius 1 is 1.15 bits per heavy atom. The number of hydrogen-bond acceptors (Lipinski definition) is 4. The Bertz CT molecular complexity index is 952. The Morgan fingerprint density at radius 3 is 2.42 bits per heavy atom. The number of benzene rings is 2. The van der Waals surface area contributed by atoms with E-state index in [0.29, 0.717) is 0 Å². The predicted octanol–water partition coefficient (Wildman–Crippen LogP) is 3.54. The lowest BCUT2D eigenvalue weighted by Crippen LogP contribution is -2.30. The second kappa shape index (κ2) is 7.47. The lowest BCUT2D eigenvalue weighted by molar-refractivity contribution is -0.125. The van der Waals surface area contributed by atoms with E-state index in [1.807, 2.05) is 37.3 Å². The van der Waals surface area contributed by atoms with E-state index in [1.54, 1.807) is 18.2 Å². The van der Waals surface area contributed by atoms with Gasteiger partial charge in [-0.05, 0) is 24.6 Å². The van der Waals surface area contributed by atoms with Crippen molar-refractivity contribution in [1.82, 2.24) is 4.90 Å². The van der Waals surface area contributed by atoms with Gasteiger partial charge in [-0.15, -0.1) is 11.0 Å². The average molecular weight is 386 g/mol. The molecule has 0 radical (unpaired) electrons. The van der Waals surface area contributed by atoms with Crippen molar-refractivity contribution in [2.45, 2.75) is 17.1 Å². The summed E-state index contributed by atoms with van der Waals surface area (Å²) in [6, 6.07) is 15.7. The highest BCUT2D eigenvalue weighted by Gasteiger charge is 2.39. The average Bonchev–Trinajstić information content (AvgIpc) is 2.92. The molecule has 1 atom stereocenters. The molecule has 1 aliphatic rings. The van der Waals surface area contributed by atoms with Gasteiger partial charge in [0.25, 0.3) is 10.0 Å². The molecule has 2 aromatic carbocycles. The predicted molar refractivity (Wildman–Crippen MR) is 104 cm³/mol. The molecule has 26 heavy (non-hydrogen) atoms. The standard InChI is InChI=1S/C19H18N2O3S2/c1-3-13-21-18(22)17(15-7-5-4-6-8-15)25-19(21)20-26(23,24)16-11-9-14(2)10-12-16/h3-12,17H,1,13H2,2H3/t17-/m0/s1. The molecule has 1 saturated heterocycles. The first kappa shape index (κ1) is 18.4. The summed E-state index contributed by atoms with van der Waals surface area (Å²) in [5.74, 6) is -0.195. The molecule has 0 unspecified atom stereocenters. The summed E-state index contributed by atoms with van der Waals surface area (Å²) in [6.07, 6.45) is 1.56. The maximum Gasteiger partial charge on any atom is 0.284 e. The Hall–Kier alpha value is -2.38. The van der Waals surface area contributed by atoms with Crippen molar-refractivity contribution in [2.24, 2.45) is 4.40 Å². The zero-order valence-corrected chi connectivity index (χ0v) is 15.8. The SMILES string of the molecule is C=CCN1C(=O)[C@H](c2ccccc2)SC1=NS(=O)(=O)c1ccc(C)cc1. The number of sulfonamides is 1. The van der Waals surface area contributed by atoms with E-state index < -0.39 is 15.3 Å². The summed E-state index contributed by atoms with van der Waals surface area (Å²) >= 11 is 1.14. The Morgan fingerprint density at radius 2 is 1.81 bits per heavy atom. The molecule has 1 heterocycles. The molecule has 0 bridgehead atoms. The van der Waals surface area contributed by atoms with Crippen molar-refractivity contribution in [1.29, 1.82) is 0 Å². The number of thioether (sulfide) groups is 1. The Balaban J connectivity index is 1.98. The van der Waals surface area contributed by atoms with Crippen molar-refractivity contribution in [3.05, 3.63) is 78.4 Å². The van der Waals surface area contributed by atoms with Crippen molar-refractivity contribution >= 4 is 32.9 Å². The van der Waals surface area contributed by atoms with Crippen LogP contribution < -0.4 is 0 Å². The number of aryl methyl sites for hydroxylation is 1. The summed E-state index contributed by atoms with van der Waals surface area (Å²) < 4.78 is 29.2. The van der Waals surface area contributed by atoms with Crippen molar-refractivity contribution in [2.75, 3.05) is 6.54 Å². The lowest BCUT2D eigenvalue weighted by Gasteiger charge is -2.13. The third kappa shape index (κ3) is 3.73. The van der Waals surface area contributed by atoms with Crippen molar-refractivity contribution in [3.63, 3.8) is 0 Å². The minimum Gasteiger partial charge on any atom is -0.285 e. The van der Waals surface area contributed by atoms with E-state index in [2.05, 4.69) is 11.0 Å². The van der Waals surface area contributed by atoms with Crippen LogP contribution in [0.4, 0.5) is 0 Å². The van der Waals surface area contributed by atoms with E-state index in [1.165, 1.54) is 17.0 Å². The number of amidine groups is 1. The second-order valence-corrected chi connectivity index (χ2v) is 8.48. The van der Waals surface area contributed by atoms with Gasteiger partial charge in [0.15, 0.2) is 5.17 Å². The molecule has 134 valence electrons. The van der Waals surface area contributed by atoms with E-state index in [-0.39, 0.29) is 22.5 Å². The van der Waals surface area contributed by atoms with Crippen molar-refractivity contribution < 1.29 is 13.2 Å². The molecule has 2 aromatic rings. The second-order valence-electron chi connectivity index (χ2n) is 5.81. The van der Waals surface area contributed by atoms with Crippen LogP contribution >= 0.6 is 11.8 Å². The van der Waals surface area contributed by atoms with Crippen LogP contribution in [0.25, 0.3) is 0 Å². The van der Waals surface area contributed by atoms with Crippen LogP contribution in [0.2, 0.25) is 0 Å². The first-order chi connectivity index (χ1) is 12.4. The summed E-state index contributed by atoms with van der Waals surface area (Å²) in [5, 5.41) is -0.340. The first-order valence-electron chi connectivity index (χ1n) is 7.98. The molecule has 0 spiro atoms. The van der Waals surface area contributed by atoms with Crippen LogP contribution in [0.5, 0.6) is 0 Å². The normalized spacial score (nSPS) is 19.1. The number of hydrogen-bond donors (Lipinski definition) is 0. The molecule has 7 heteroatoms. The minimum absolute atomic E-state index is 0.102. The molecule has 5 nitrogen and oxygen atoms in total. The molecule has 0 N–H and O–H groups in total. The molecule has 1 amide bonds. The Kier molecular flexibility index (Phi) is 5.29. The van der Waals surface area contributed by atoms with Gasteiger partial charge in [-0.25, -0.2) is 0 Å². The minimum atomic E-state index is -3.90. The zero-order chi connectivity index (χ0) is 18.7. The van der Waals surface area contributed by atoms with Gasteiger partial charge in [-0.1, -0.05) is 65.9 Å². The third-order valence-electron chi connectivity index (χ3n) is 3.88. The highest BCUT2D eigenvalue weighted by Crippen LogP contribution is 2.40. The number of amides is 1. The number of rotatable bonds is 5. The monoisotopic (exact) mass is 386 g/mol. The van der Waals surface area contributed by atoms with Crippen LogP contribution in [-0.2, 0) is 14.8 Å². The van der Waals surface area contributed by atoms with Gasteiger partial charge in [-0.3, -0.25) is 9.69 Å². The number of nitrogens with zero attached hydrogens (tertiary/aromatic N) is 2. The summed E-state index contributed by atoms with van der Waals surface area (Å²) in [5.41, 5.74) is 1.77. The van der Waals surface area contributed by atoms with Gasteiger partial charge < -0.3 is 0 Å². The van der Waals surface area contributed by atoms with Crippen LogP contribution in [0.15, 0.2) is 76.5 Å². The van der Waals surface area contributed by atoms with Crippen LogP contribution in [-0.4, -0.2) is 30.9 Å². The first-order valence-corrected chi connectivity index (χ1v) is 10.3. The van der Waals surface area contributed by atoms with Gasteiger partial charge in [0, 0.05) is 6.54 Å². The molecular formula is C19H18N2O3S2. The fourth-order valence-electron chi connectivity index (χ4n) is 2.53. The molecular weight excluding hydrogens is 368 g/mol. The largest absolute Gasteiger partial charge is 0.285 e. The summed E-state index contributed by atoms with van der Waals surface area (Å²) in [7, 11) is -3.90. The Labute approximate surface area is 157 Å². The maximum absolute atomic E-state index is 12.8. The molecule has 1 aliphatic heterocycles. The molecule has 0 aromatic heterocycles. The molecule has 1 fully saturated rings. The number of carbonyl (C=O) groups excluding carboxylic acids is 1. The summed E-state index contributed by atoms with van der Waals surface area (Å²) in [6.45, 7) is 5.73. The van der Waals surface area contributed by atoms with Gasteiger partial charge in [-0.2, -0.15) is 8.42 Å². The third-order valence-corrected chi connectivity index (χ3v) is 6.50. The topological polar surface area (TPSA) is 66.8 Å². The smallest absolute Gasteiger partial charge is 0.284 e. The van der Waals surface area contributed by atoms with E-state index in [9.17, 15) is 13.2 Å². The van der Waals surface area contributed by atoms with E-state index >= 15 is 0 Å². The van der Waals surface area contributed by atoms with Gasteiger partial charge in [0.05, 0.1) is 4.90 Å². The van der Waals surface area contributed by atoms with E-state index in [0.717, 1.165) is 22.9 Å². The quantitative estimate of drug-likeness (QED) is 0.737. The van der Waals surface area contributed by atoms with Gasteiger partial charge >= 0.3 is 0 Å². The maximum atomic E-state index is 12.8. The highest BCUT2D eigenvalue weighted by molar-refractivity contribution is 8.15. The van der Waals surface area contributed by atoms with Crippen LogP contribution in [0.1, 0.15) is 16.4 Å². The zero-order valence-electron chi connectivity index (χ0n) is 14.2. The molecule has 0 saturated carbocycles. The lowest BCUT2D eigenvalue weighted by atomic mass is 10.1. The summed E-state index contributed by atoms with van der Waals surface area (Å²) in [4.78, 5) is 14.2. The highest BCUT2D eigenvalue weighted by atomic mass is 32.2. The van der Waals surface area contributed by atoms with Crippen LogP contribution in [0.3, 0.4) is 0 Å². The van der Waals surface area contributed by atoms with Gasteiger partial charge in [0.2, 0.25) is 5.91 Å². The van der Waals surface area contributed by atoms with Gasteiger partial charge in [0.1, 0.15) is 5.25 Å².